The SMILES string of the molecule is Cc1nn(-c2nccs2)cc1-c1ccc(NC(=O)c2ccccc2OC(F)F)cc1. The Morgan fingerprint density at radius 2 is 1.93 bits per heavy atom. The van der Waals surface area contributed by atoms with Gasteiger partial charge in [-0.25, -0.2) is 9.67 Å². The molecule has 0 unspecified atom stereocenters. The van der Waals surface area contributed by atoms with Gasteiger partial charge in [0.05, 0.1) is 11.3 Å². The zero-order valence-electron chi connectivity index (χ0n) is 15.8. The molecule has 0 bridgehead atoms. The fourth-order valence-electron chi connectivity index (χ4n) is 2.96. The third-order valence-corrected chi connectivity index (χ3v) is 5.08. The third kappa shape index (κ3) is 4.20. The minimum atomic E-state index is -3.01. The van der Waals surface area contributed by atoms with Crippen LogP contribution in [0, 0.1) is 6.92 Å². The van der Waals surface area contributed by atoms with Crippen LogP contribution in [0.4, 0.5) is 14.5 Å². The molecule has 2 heterocycles. The molecule has 0 saturated carbocycles. The van der Waals surface area contributed by atoms with Gasteiger partial charge in [-0.1, -0.05) is 24.3 Å². The molecule has 0 radical (unpaired) electrons. The quantitative estimate of drug-likeness (QED) is 0.463. The number of aromatic nitrogens is 3. The van der Waals surface area contributed by atoms with Crippen molar-refractivity contribution in [3.05, 3.63) is 77.6 Å². The average Bonchev–Trinajstić information content (AvgIpc) is 3.38. The van der Waals surface area contributed by atoms with E-state index in [1.165, 1.54) is 29.5 Å². The largest absolute Gasteiger partial charge is 0.434 e. The Kier molecular flexibility index (Phi) is 5.53. The van der Waals surface area contributed by atoms with Gasteiger partial charge >= 0.3 is 6.61 Å². The van der Waals surface area contributed by atoms with E-state index in [-0.39, 0.29) is 11.3 Å². The highest BCUT2D eigenvalue weighted by atomic mass is 32.1. The Balaban J connectivity index is 1.52. The van der Waals surface area contributed by atoms with Gasteiger partial charge in [0, 0.05) is 29.0 Å². The highest BCUT2D eigenvalue weighted by molar-refractivity contribution is 7.12. The average molecular weight is 426 g/mol. The zero-order chi connectivity index (χ0) is 21.1. The highest BCUT2D eigenvalue weighted by Gasteiger charge is 2.16. The molecule has 9 heteroatoms. The second-order valence-corrected chi connectivity index (χ2v) is 7.17. The lowest BCUT2D eigenvalue weighted by molar-refractivity contribution is -0.0501. The summed E-state index contributed by atoms with van der Waals surface area (Å²) in [6.07, 6.45) is 3.62. The molecule has 1 amide bonds. The van der Waals surface area contributed by atoms with E-state index >= 15 is 0 Å². The first-order chi connectivity index (χ1) is 14.5. The van der Waals surface area contributed by atoms with Crippen LogP contribution in [-0.2, 0) is 0 Å². The van der Waals surface area contributed by atoms with Gasteiger partial charge in [-0.05, 0) is 36.8 Å². The Bertz CT molecular complexity index is 1160. The number of carbonyl (C=O) groups excluding carboxylic acids is 1. The topological polar surface area (TPSA) is 69.0 Å². The summed E-state index contributed by atoms with van der Waals surface area (Å²) in [7, 11) is 0. The number of halogens is 2. The first kappa shape index (κ1) is 19.7. The van der Waals surface area contributed by atoms with Crippen molar-refractivity contribution >= 4 is 22.9 Å². The van der Waals surface area contributed by atoms with Gasteiger partial charge in [0.25, 0.3) is 5.91 Å². The van der Waals surface area contributed by atoms with Crippen LogP contribution in [0.5, 0.6) is 5.75 Å². The van der Waals surface area contributed by atoms with Crippen LogP contribution in [0.2, 0.25) is 0 Å². The Morgan fingerprint density at radius 3 is 2.63 bits per heavy atom. The van der Waals surface area contributed by atoms with Crippen molar-refractivity contribution in [2.45, 2.75) is 13.5 Å². The summed E-state index contributed by atoms with van der Waals surface area (Å²) in [5, 5.41) is 9.85. The van der Waals surface area contributed by atoms with E-state index in [2.05, 4.69) is 20.1 Å². The molecule has 0 fully saturated rings. The van der Waals surface area contributed by atoms with Crippen LogP contribution in [0.25, 0.3) is 16.3 Å². The van der Waals surface area contributed by atoms with E-state index < -0.39 is 12.5 Å². The second-order valence-electron chi connectivity index (χ2n) is 6.29. The van der Waals surface area contributed by atoms with Gasteiger partial charge in [0.2, 0.25) is 5.13 Å². The maximum atomic E-state index is 12.6. The molecule has 2 aromatic heterocycles. The van der Waals surface area contributed by atoms with Crippen molar-refractivity contribution in [3.8, 4) is 22.0 Å². The van der Waals surface area contributed by atoms with E-state index in [1.807, 2.05) is 30.6 Å². The van der Waals surface area contributed by atoms with E-state index in [4.69, 9.17) is 0 Å². The molecule has 1 N–H and O–H groups in total. The molecule has 2 aromatic carbocycles. The maximum absolute atomic E-state index is 12.6. The smallest absolute Gasteiger partial charge is 0.387 e. The second kappa shape index (κ2) is 8.42. The molecule has 4 aromatic rings. The van der Waals surface area contributed by atoms with Crippen molar-refractivity contribution in [1.82, 2.24) is 14.8 Å². The summed E-state index contributed by atoms with van der Waals surface area (Å²) in [5.41, 5.74) is 3.27. The molecule has 0 aliphatic rings. The lowest BCUT2D eigenvalue weighted by Crippen LogP contribution is -2.14. The number of para-hydroxylation sites is 1. The highest BCUT2D eigenvalue weighted by Crippen LogP contribution is 2.27. The van der Waals surface area contributed by atoms with Crippen LogP contribution >= 0.6 is 11.3 Å². The molecular weight excluding hydrogens is 410 g/mol. The first-order valence-electron chi connectivity index (χ1n) is 8.93. The number of anilines is 1. The molecule has 0 atom stereocenters. The molecule has 0 spiro atoms. The predicted octanol–water partition coefficient (Wildman–Crippen LogP) is 5.16. The van der Waals surface area contributed by atoms with Crippen LogP contribution in [0.3, 0.4) is 0 Å². The van der Waals surface area contributed by atoms with Gasteiger partial charge in [-0.3, -0.25) is 4.79 Å². The number of ether oxygens (including phenoxy) is 1. The van der Waals surface area contributed by atoms with Crippen molar-refractivity contribution in [2.24, 2.45) is 0 Å². The van der Waals surface area contributed by atoms with Crippen molar-refractivity contribution in [3.63, 3.8) is 0 Å². The molecule has 0 aliphatic heterocycles. The monoisotopic (exact) mass is 426 g/mol. The zero-order valence-corrected chi connectivity index (χ0v) is 16.6. The number of alkyl halides is 2. The van der Waals surface area contributed by atoms with E-state index in [1.54, 1.807) is 29.1 Å². The van der Waals surface area contributed by atoms with Crippen LogP contribution < -0.4 is 10.1 Å². The van der Waals surface area contributed by atoms with E-state index in [0.29, 0.717) is 5.69 Å². The summed E-state index contributed by atoms with van der Waals surface area (Å²) >= 11 is 1.49. The number of hydrogen-bond acceptors (Lipinski definition) is 5. The molecule has 30 heavy (non-hydrogen) atoms. The number of hydrogen-bond donors (Lipinski definition) is 1. The van der Waals surface area contributed by atoms with Crippen LogP contribution in [0.1, 0.15) is 16.1 Å². The van der Waals surface area contributed by atoms with Crippen molar-refractivity contribution in [2.75, 3.05) is 5.32 Å². The molecule has 4 rings (SSSR count). The van der Waals surface area contributed by atoms with Gasteiger partial charge in [0.1, 0.15) is 5.75 Å². The summed E-state index contributed by atoms with van der Waals surface area (Å²) in [4.78, 5) is 16.8. The minimum Gasteiger partial charge on any atom is -0.434 e. The van der Waals surface area contributed by atoms with Gasteiger partial charge in [-0.15, -0.1) is 11.3 Å². The van der Waals surface area contributed by atoms with E-state index in [0.717, 1.165) is 22.0 Å². The summed E-state index contributed by atoms with van der Waals surface area (Å²) in [6, 6.07) is 13.1. The standard InChI is InChI=1S/C21H16F2N4O2S/c1-13-17(12-27(26-13)21-24-10-11-30-21)14-6-8-15(9-7-14)25-19(28)16-4-2-3-5-18(16)29-20(22)23/h2-12,20H,1H3,(H,25,28). The Labute approximate surface area is 174 Å². The number of nitrogens with one attached hydrogen (secondary N) is 1. The van der Waals surface area contributed by atoms with Crippen molar-refractivity contribution < 1.29 is 18.3 Å². The van der Waals surface area contributed by atoms with Crippen LogP contribution in [-0.4, -0.2) is 27.3 Å². The summed E-state index contributed by atoms with van der Waals surface area (Å²) < 4.78 is 31.3. The number of aryl methyl sites for hydroxylation is 1. The minimum absolute atomic E-state index is 0.0300. The van der Waals surface area contributed by atoms with Crippen molar-refractivity contribution in [1.29, 1.82) is 0 Å². The lowest BCUT2D eigenvalue weighted by Gasteiger charge is -2.11. The summed E-state index contributed by atoms with van der Waals surface area (Å²) in [5.74, 6) is -0.710. The normalized spacial score (nSPS) is 10.9. The molecule has 0 saturated heterocycles. The fraction of sp³-hybridized carbons (Fsp3) is 0.0952. The number of carbonyl (C=O) groups is 1. The van der Waals surface area contributed by atoms with Gasteiger partial charge in [0.15, 0.2) is 0 Å². The predicted molar refractivity (Wildman–Crippen MR) is 110 cm³/mol. The molecule has 0 aliphatic carbocycles. The lowest BCUT2D eigenvalue weighted by atomic mass is 10.1. The fourth-order valence-corrected chi connectivity index (χ4v) is 3.52. The molecule has 152 valence electrons. The van der Waals surface area contributed by atoms with E-state index in [9.17, 15) is 13.6 Å². The van der Waals surface area contributed by atoms with Crippen LogP contribution in [0.15, 0.2) is 66.3 Å². The Hall–Kier alpha value is -3.59. The molecule has 6 nitrogen and oxygen atoms in total. The summed E-state index contributed by atoms with van der Waals surface area (Å²) in [6.45, 7) is -1.10. The Morgan fingerprint density at radius 1 is 1.17 bits per heavy atom. The number of nitrogens with zero attached hydrogens (tertiary/aromatic N) is 3. The maximum Gasteiger partial charge on any atom is 0.387 e. The van der Waals surface area contributed by atoms with Gasteiger partial charge in [-0.2, -0.15) is 13.9 Å². The number of thiazole rings is 1. The third-order valence-electron chi connectivity index (χ3n) is 4.32. The number of rotatable bonds is 6. The van der Waals surface area contributed by atoms with Gasteiger partial charge < -0.3 is 10.1 Å². The molecular formula is C21H16F2N4O2S. The number of amides is 1. The number of benzene rings is 2. The first-order valence-corrected chi connectivity index (χ1v) is 9.81.